The Morgan fingerprint density at radius 1 is 1.00 bits per heavy atom. The topological polar surface area (TPSA) is 103 Å². The highest BCUT2D eigenvalue weighted by Crippen LogP contribution is 2.23. The molecule has 2 amide bonds. The van der Waals surface area contributed by atoms with Gasteiger partial charge in [-0.05, 0) is 35.2 Å². The second-order valence-corrected chi connectivity index (χ2v) is 11.2. The van der Waals surface area contributed by atoms with E-state index in [1.54, 1.807) is 17.0 Å². The SMILES string of the molecule is CC(=O)N[C@@H](Cc1c[nH]c2ccccc12)C(=O)N1CCN(S(=O)(=O)c2ccc(C(C)C)cc2)CC1. The second kappa shape index (κ2) is 10.2. The van der Waals surface area contributed by atoms with Gasteiger partial charge in [-0.1, -0.05) is 44.2 Å². The van der Waals surface area contributed by atoms with E-state index in [1.165, 1.54) is 11.2 Å². The maximum atomic E-state index is 13.4. The van der Waals surface area contributed by atoms with Gasteiger partial charge in [0.25, 0.3) is 0 Å². The van der Waals surface area contributed by atoms with E-state index in [0.717, 1.165) is 22.0 Å². The molecule has 2 heterocycles. The third-order valence-electron chi connectivity index (χ3n) is 6.51. The zero-order chi connectivity index (χ0) is 25.2. The average molecular weight is 497 g/mol. The molecule has 1 saturated heterocycles. The third-order valence-corrected chi connectivity index (χ3v) is 8.42. The van der Waals surface area contributed by atoms with E-state index in [2.05, 4.69) is 24.1 Å². The minimum atomic E-state index is -3.64. The van der Waals surface area contributed by atoms with Crippen LogP contribution in [-0.2, 0) is 26.0 Å². The first kappa shape index (κ1) is 24.9. The van der Waals surface area contributed by atoms with Gasteiger partial charge in [0.2, 0.25) is 21.8 Å². The molecule has 0 spiro atoms. The Labute approximate surface area is 206 Å². The maximum Gasteiger partial charge on any atom is 0.245 e. The Hall–Kier alpha value is -3.17. The first-order valence-corrected chi connectivity index (χ1v) is 13.3. The van der Waals surface area contributed by atoms with Crippen LogP contribution in [0.2, 0.25) is 0 Å². The number of aromatic nitrogens is 1. The van der Waals surface area contributed by atoms with Crippen LogP contribution in [-0.4, -0.2) is 66.6 Å². The predicted octanol–water partition coefficient (Wildman–Crippen LogP) is 2.87. The van der Waals surface area contributed by atoms with Crippen LogP contribution in [0.4, 0.5) is 0 Å². The third kappa shape index (κ3) is 5.41. The molecule has 1 fully saturated rings. The maximum absolute atomic E-state index is 13.4. The number of benzene rings is 2. The molecule has 0 saturated carbocycles. The highest BCUT2D eigenvalue weighted by molar-refractivity contribution is 7.89. The number of nitrogens with zero attached hydrogens (tertiary/aromatic N) is 2. The van der Waals surface area contributed by atoms with Gasteiger partial charge >= 0.3 is 0 Å². The Kier molecular flexibility index (Phi) is 7.28. The summed E-state index contributed by atoms with van der Waals surface area (Å²) in [6.07, 6.45) is 2.21. The Morgan fingerprint density at radius 2 is 1.66 bits per heavy atom. The fourth-order valence-corrected chi connectivity index (χ4v) is 5.93. The van der Waals surface area contributed by atoms with E-state index in [9.17, 15) is 18.0 Å². The molecule has 1 atom stereocenters. The largest absolute Gasteiger partial charge is 0.361 e. The number of aromatic amines is 1. The van der Waals surface area contributed by atoms with Crippen molar-refractivity contribution < 1.29 is 18.0 Å². The second-order valence-electron chi connectivity index (χ2n) is 9.27. The zero-order valence-corrected chi connectivity index (χ0v) is 21.1. The molecule has 35 heavy (non-hydrogen) atoms. The van der Waals surface area contributed by atoms with E-state index < -0.39 is 16.1 Å². The first-order chi connectivity index (χ1) is 16.7. The van der Waals surface area contributed by atoms with Crippen LogP contribution in [0.25, 0.3) is 10.9 Å². The van der Waals surface area contributed by atoms with E-state index >= 15 is 0 Å². The van der Waals surface area contributed by atoms with Crippen molar-refractivity contribution in [3.63, 3.8) is 0 Å². The fraction of sp³-hybridized carbons (Fsp3) is 0.385. The number of hydrogen-bond donors (Lipinski definition) is 2. The van der Waals surface area contributed by atoms with Crippen LogP contribution in [0.1, 0.15) is 37.8 Å². The molecule has 1 aromatic heterocycles. The lowest BCUT2D eigenvalue weighted by Crippen LogP contribution is -2.56. The highest BCUT2D eigenvalue weighted by Gasteiger charge is 2.33. The summed E-state index contributed by atoms with van der Waals surface area (Å²) in [6.45, 7) is 6.47. The standard InChI is InChI=1S/C26H32N4O4S/c1-18(2)20-8-10-22(11-9-20)35(33,34)30-14-12-29(13-15-30)26(32)25(28-19(3)31)16-21-17-27-24-7-5-4-6-23(21)24/h4-11,17-18,25,27H,12-16H2,1-3H3,(H,28,31)/t25-/m0/s1. The number of piperazine rings is 1. The van der Waals surface area contributed by atoms with Crippen LogP contribution < -0.4 is 5.32 Å². The fourth-order valence-electron chi connectivity index (χ4n) is 4.51. The highest BCUT2D eigenvalue weighted by atomic mass is 32.2. The molecule has 0 unspecified atom stereocenters. The smallest absolute Gasteiger partial charge is 0.245 e. The minimum absolute atomic E-state index is 0.205. The van der Waals surface area contributed by atoms with Crippen molar-refractivity contribution in [2.45, 2.75) is 44.0 Å². The molecule has 0 aliphatic carbocycles. The Morgan fingerprint density at radius 3 is 2.29 bits per heavy atom. The summed E-state index contributed by atoms with van der Waals surface area (Å²) >= 11 is 0. The van der Waals surface area contributed by atoms with Crippen molar-refractivity contribution in [1.82, 2.24) is 19.5 Å². The molecule has 4 rings (SSSR count). The molecule has 8 nitrogen and oxygen atoms in total. The van der Waals surface area contributed by atoms with Crippen molar-refractivity contribution in [3.8, 4) is 0 Å². The zero-order valence-electron chi connectivity index (χ0n) is 20.3. The van der Waals surface area contributed by atoms with E-state index in [0.29, 0.717) is 12.3 Å². The van der Waals surface area contributed by atoms with Crippen molar-refractivity contribution in [3.05, 3.63) is 65.9 Å². The van der Waals surface area contributed by atoms with Crippen molar-refractivity contribution in [2.24, 2.45) is 0 Å². The number of rotatable bonds is 7. The van der Waals surface area contributed by atoms with Crippen LogP contribution in [0, 0.1) is 0 Å². The lowest BCUT2D eigenvalue weighted by molar-refractivity contribution is -0.137. The minimum Gasteiger partial charge on any atom is -0.361 e. The van der Waals surface area contributed by atoms with Crippen LogP contribution in [0.3, 0.4) is 0 Å². The summed E-state index contributed by atoms with van der Waals surface area (Å²) < 4.78 is 27.7. The number of nitrogens with one attached hydrogen (secondary N) is 2. The summed E-state index contributed by atoms with van der Waals surface area (Å²) in [5.74, 6) is -0.166. The van der Waals surface area contributed by atoms with Gasteiger partial charge < -0.3 is 15.2 Å². The monoisotopic (exact) mass is 496 g/mol. The number of sulfonamides is 1. The lowest BCUT2D eigenvalue weighted by Gasteiger charge is -2.36. The number of para-hydroxylation sites is 1. The summed E-state index contributed by atoms with van der Waals surface area (Å²) in [7, 11) is -3.64. The molecule has 0 bridgehead atoms. The van der Waals surface area contributed by atoms with Gasteiger partial charge in [0.1, 0.15) is 6.04 Å². The van der Waals surface area contributed by atoms with Crippen molar-refractivity contribution in [1.29, 1.82) is 0 Å². The quantitative estimate of drug-likeness (QED) is 0.525. The normalized spacial score (nSPS) is 15.9. The Balaban J connectivity index is 1.44. The van der Waals surface area contributed by atoms with Gasteiger partial charge in [-0.2, -0.15) is 4.31 Å². The molecule has 3 aromatic rings. The number of carbonyl (C=O) groups is 2. The van der Waals surface area contributed by atoms with Crippen molar-refractivity contribution >= 4 is 32.7 Å². The Bertz CT molecular complexity index is 1310. The molecule has 2 aromatic carbocycles. The van der Waals surface area contributed by atoms with Gasteiger partial charge in [-0.15, -0.1) is 0 Å². The first-order valence-electron chi connectivity index (χ1n) is 11.9. The molecular weight excluding hydrogens is 464 g/mol. The van der Waals surface area contributed by atoms with E-state index in [1.807, 2.05) is 42.6 Å². The number of amides is 2. The van der Waals surface area contributed by atoms with Crippen LogP contribution >= 0.6 is 0 Å². The van der Waals surface area contributed by atoms with Gasteiger partial charge in [-0.3, -0.25) is 9.59 Å². The molecule has 0 radical (unpaired) electrons. The van der Waals surface area contributed by atoms with Gasteiger partial charge in [0.05, 0.1) is 4.90 Å². The molecule has 2 N–H and O–H groups in total. The lowest BCUT2D eigenvalue weighted by atomic mass is 10.0. The van der Waals surface area contributed by atoms with Crippen LogP contribution in [0.5, 0.6) is 0 Å². The predicted molar refractivity (Wildman–Crippen MR) is 135 cm³/mol. The summed E-state index contributed by atoms with van der Waals surface area (Å²) in [5, 5.41) is 3.79. The number of fused-ring (bicyclic) bond motifs is 1. The van der Waals surface area contributed by atoms with E-state index in [4.69, 9.17) is 0 Å². The molecule has 1 aliphatic rings. The van der Waals surface area contributed by atoms with Gasteiger partial charge in [0, 0.05) is 56.6 Å². The van der Waals surface area contributed by atoms with Gasteiger partial charge in [-0.25, -0.2) is 8.42 Å². The molecule has 9 heteroatoms. The van der Waals surface area contributed by atoms with Crippen LogP contribution in [0.15, 0.2) is 59.6 Å². The molecule has 1 aliphatic heterocycles. The van der Waals surface area contributed by atoms with E-state index in [-0.39, 0.29) is 42.9 Å². The molecular formula is C26H32N4O4S. The average Bonchev–Trinajstić information content (AvgIpc) is 3.26. The number of hydrogen-bond acceptors (Lipinski definition) is 4. The summed E-state index contributed by atoms with van der Waals surface area (Å²) in [6, 6.07) is 14.1. The summed E-state index contributed by atoms with van der Waals surface area (Å²) in [5.41, 5.74) is 2.99. The summed E-state index contributed by atoms with van der Waals surface area (Å²) in [4.78, 5) is 30.3. The number of H-pyrrole nitrogens is 1. The number of carbonyl (C=O) groups excluding carboxylic acids is 2. The van der Waals surface area contributed by atoms with Gasteiger partial charge in [0.15, 0.2) is 0 Å². The van der Waals surface area contributed by atoms with Crippen molar-refractivity contribution in [2.75, 3.05) is 26.2 Å². The molecule has 186 valence electrons.